The highest BCUT2D eigenvalue weighted by Gasteiger charge is 2.53. The lowest BCUT2D eigenvalue weighted by atomic mass is 9.81. The van der Waals surface area contributed by atoms with Gasteiger partial charge in [0.25, 0.3) is 5.91 Å². The Hall–Kier alpha value is -5.15. The minimum Gasteiger partial charge on any atom is -0.494 e. The van der Waals surface area contributed by atoms with Crippen molar-refractivity contribution >= 4 is 11.8 Å². The molecule has 1 aliphatic heterocycles. The number of rotatable bonds is 15. The van der Waals surface area contributed by atoms with Crippen molar-refractivity contribution in [3.05, 3.63) is 147 Å². The van der Waals surface area contributed by atoms with Crippen molar-refractivity contribution in [2.24, 2.45) is 10.1 Å². The summed E-state index contributed by atoms with van der Waals surface area (Å²) in [5.41, 5.74) is 17.9. The third-order valence-corrected chi connectivity index (χ3v) is 7.57. The molecule has 4 aromatic carbocycles. The number of aliphatic hydroxyl groups excluding tert-OH is 1. The summed E-state index contributed by atoms with van der Waals surface area (Å²) in [7, 11) is 0. The van der Waals surface area contributed by atoms with Crippen molar-refractivity contribution in [1.29, 1.82) is 0 Å². The minimum absolute atomic E-state index is 0.0535. The largest absolute Gasteiger partial charge is 0.494 e. The normalized spacial score (nSPS) is 17.1. The van der Waals surface area contributed by atoms with Gasteiger partial charge in [0.1, 0.15) is 5.75 Å². The van der Waals surface area contributed by atoms with Gasteiger partial charge in [-0.15, -0.1) is 0 Å². The van der Waals surface area contributed by atoms with E-state index in [1.807, 2.05) is 109 Å². The Labute approximate surface area is 262 Å². The highest BCUT2D eigenvalue weighted by Crippen LogP contribution is 2.43. The van der Waals surface area contributed by atoms with Crippen LogP contribution in [0.15, 0.2) is 119 Å². The zero-order chi connectivity index (χ0) is 31.3. The highest BCUT2D eigenvalue weighted by molar-refractivity contribution is 6.01. The summed E-state index contributed by atoms with van der Waals surface area (Å²) in [4.78, 5) is 22.4. The van der Waals surface area contributed by atoms with E-state index in [4.69, 9.17) is 25.1 Å². The second-order valence-electron chi connectivity index (χ2n) is 10.7. The fourth-order valence-corrected chi connectivity index (χ4v) is 5.31. The third kappa shape index (κ3) is 7.87. The van der Waals surface area contributed by atoms with Crippen LogP contribution in [0.5, 0.6) is 5.75 Å². The number of carbonyl (C=O) groups excluding carboxylic acids is 1. The van der Waals surface area contributed by atoms with Gasteiger partial charge in [0, 0.05) is 36.5 Å². The first-order chi connectivity index (χ1) is 22.1. The summed E-state index contributed by atoms with van der Waals surface area (Å²) in [6.45, 7) is 1.07. The molecular weight excluding hydrogens is 568 g/mol. The number of hydrogen-bond acceptors (Lipinski definition) is 7. The summed E-state index contributed by atoms with van der Waals surface area (Å²) in [5, 5.41) is 12.9. The van der Waals surface area contributed by atoms with Crippen LogP contribution in [0.4, 0.5) is 0 Å². The average molecular weight is 605 g/mol. The highest BCUT2D eigenvalue weighted by atomic mass is 16.5. The number of benzene rings is 4. The lowest BCUT2D eigenvalue weighted by molar-refractivity contribution is -0.130. The van der Waals surface area contributed by atoms with Crippen molar-refractivity contribution in [2.45, 2.75) is 37.5 Å². The van der Waals surface area contributed by atoms with E-state index in [-0.39, 0.29) is 25.5 Å². The fourth-order valence-electron chi connectivity index (χ4n) is 5.31. The third-order valence-electron chi connectivity index (χ3n) is 7.57. The second kappa shape index (κ2) is 15.5. The van der Waals surface area contributed by atoms with Crippen LogP contribution in [0.3, 0.4) is 0 Å². The molecule has 0 aromatic heterocycles. The van der Waals surface area contributed by atoms with Gasteiger partial charge >= 0.3 is 0 Å². The molecule has 0 spiro atoms. The molecule has 5 rings (SSSR count). The van der Waals surface area contributed by atoms with Gasteiger partial charge in [-0.25, -0.2) is 10.4 Å². The lowest BCUT2D eigenvalue weighted by Gasteiger charge is -2.31. The first-order valence-corrected chi connectivity index (χ1v) is 14.9. The van der Waals surface area contributed by atoms with E-state index in [1.54, 1.807) is 0 Å². The molecule has 0 saturated carbocycles. The van der Waals surface area contributed by atoms with Crippen LogP contribution in [0.1, 0.15) is 40.3 Å². The SMILES string of the molecule is [N-]=[N+]=NCc1ccccc1[C@@H]1OC(c2ccc(OCCCO)cc2)=N[C@]1(Cc1ccccc1)C(=O)NNCCc1ccccc1. The van der Waals surface area contributed by atoms with Gasteiger partial charge in [0.05, 0.1) is 13.2 Å². The van der Waals surface area contributed by atoms with Gasteiger partial charge in [-0.05, 0) is 58.5 Å². The molecule has 45 heavy (non-hydrogen) atoms. The maximum absolute atomic E-state index is 14.4. The van der Waals surface area contributed by atoms with Crippen molar-refractivity contribution in [2.75, 3.05) is 19.8 Å². The van der Waals surface area contributed by atoms with E-state index in [0.29, 0.717) is 42.3 Å². The Balaban J connectivity index is 1.52. The van der Waals surface area contributed by atoms with Crippen LogP contribution in [0, 0.1) is 0 Å². The Morgan fingerprint density at radius 1 is 0.956 bits per heavy atom. The van der Waals surface area contributed by atoms with E-state index < -0.39 is 11.6 Å². The van der Waals surface area contributed by atoms with Gasteiger partial charge in [0.2, 0.25) is 5.90 Å². The first-order valence-electron chi connectivity index (χ1n) is 14.9. The van der Waals surface area contributed by atoms with Crippen molar-refractivity contribution in [3.63, 3.8) is 0 Å². The van der Waals surface area contributed by atoms with Gasteiger partial charge in [-0.1, -0.05) is 90.0 Å². The zero-order valence-electron chi connectivity index (χ0n) is 24.9. The number of hydrogen-bond donors (Lipinski definition) is 3. The molecule has 10 heteroatoms. The summed E-state index contributed by atoms with van der Waals surface area (Å²) in [5.74, 6) is 0.621. The van der Waals surface area contributed by atoms with Crippen LogP contribution in [-0.2, 0) is 28.9 Å². The van der Waals surface area contributed by atoms with Crippen molar-refractivity contribution < 1.29 is 19.4 Å². The molecule has 1 heterocycles. The Bertz CT molecular complexity index is 1630. The van der Waals surface area contributed by atoms with E-state index in [2.05, 4.69) is 20.9 Å². The fraction of sp³-hybridized carbons (Fsp3) is 0.257. The van der Waals surface area contributed by atoms with Crippen molar-refractivity contribution in [3.8, 4) is 5.75 Å². The first kappa shape index (κ1) is 31.3. The average Bonchev–Trinajstić information content (AvgIpc) is 3.47. The number of nitrogens with zero attached hydrogens (tertiary/aromatic N) is 4. The van der Waals surface area contributed by atoms with Crippen LogP contribution in [0.25, 0.3) is 10.4 Å². The Morgan fingerprint density at radius 2 is 1.64 bits per heavy atom. The number of ether oxygens (including phenoxy) is 2. The molecule has 0 radical (unpaired) electrons. The smallest absolute Gasteiger partial charge is 0.266 e. The van der Waals surface area contributed by atoms with Crippen LogP contribution in [0.2, 0.25) is 0 Å². The molecule has 1 amide bonds. The van der Waals surface area contributed by atoms with E-state index in [9.17, 15) is 4.79 Å². The quantitative estimate of drug-likeness (QED) is 0.0531. The molecule has 1 aliphatic rings. The number of carbonyl (C=O) groups is 1. The van der Waals surface area contributed by atoms with Crippen molar-refractivity contribution in [1.82, 2.24) is 10.9 Å². The number of aliphatic imine (C=N–C) groups is 1. The molecule has 0 bridgehead atoms. The number of azide groups is 1. The number of hydrazine groups is 1. The zero-order valence-corrected chi connectivity index (χ0v) is 24.9. The minimum atomic E-state index is -1.40. The molecule has 4 aromatic rings. The standard InChI is InChI=1S/C35H36N6O4/c36-41-38-25-29-14-7-8-15-31(29)32-35(24-27-12-5-2-6-13-27,34(43)40-37-21-20-26-10-3-1-4-11-26)39-33(45-32)28-16-18-30(19-17-28)44-23-9-22-42/h1-8,10-19,32,37,42H,9,20-25H2,(H,40,43)/t32-,35-/m0/s1. The molecule has 3 N–H and O–H groups in total. The molecule has 0 unspecified atom stereocenters. The van der Waals surface area contributed by atoms with Crippen LogP contribution >= 0.6 is 0 Å². The molecular formula is C35H36N6O4. The van der Waals surface area contributed by atoms with Crippen LogP contribution < -0.4 is 15.6 Å². The topological polar surface area (TPSA) is 141 Å². The van der Waals surface area contributed by atoms with Gasteiger partial charge in [-0.3, -0.25) is 10.2 Å². The summed E-state index contributed by atoms with van der Waals surface area (Å²) in [6.07, 6.45) is 0.689. The van der Waals surface area contributed by atoms with Gasteiger partial charge < -0.3 is 14.6 Å². The molecule has 230 valence electrons. The number of amides is 1. The predicted molar refractivity (Wildman–Crippen MR) is 172 cm³/mol. The number of nitrogens with one attached hydrogen (secondary N) is 2. The molecule has 2 atom stereocenters. The van der Waals surface area contributed by atoms with E-state index in [0.717, 1.165) is 23.1 Å². The Kier molecular flexibility index (Phi) is 10.8. The second-order valence-corrected chi connectivity index (χ2v) is 10.7. The molecule has 0 saturated heterocycles. The van der Waals surface area contributed by atoms with Gasteiger partial charge in [0.15, 0.2) is 11.6 Å². The summed E-state index contributed by atoms with van der Waals surface area (Å²) in [6, 6.07) is 34.5. The molecule has 0 aliphatic carbocycles. The Morgan fingerprint density at radius 3 is 2.36 bits per heavy atom. The van der Waals surface area contributed by atoms with Gasteiger partial charge in [-0.2, -0.15) is 0 Å². The van der Waals surface area contributed by atoms with E-state index in [1.165, 1.54) is 0 Å². The summed E-state index contributed by atoms with van der Waals surface area (Å²) < 4.78 is 12.3. The summed E-state index contributed by atoms with van der Waals surface area (Å²) >= 11 is 0. The predicted octanol–water partition coefficient (Wildman–Crippen LogP) is 5.62. The monoisotopic (exact) mass is 604 g/mol. The van der Waals surface area contributed by atoms with Crippen LogP contribution in [-0.4, -0.2) is 42.2 Å². The lowest BCUT2D eigenvalue weighted by Crippen LogP contribution is -2.54. The molecule has 10 nitrogen and oxygen atoms in total. The maximum atomic E-state index is 14.4. The van der Waals surface area contributed by atoms with E-state index >= 15 is 0 Å². The number of aliphatic hydroxyl groups is 1. The molecule has 0 fully saturated rings. The maximum Gasteiger partial charge on any atom is 0.266 e.